The summed E-state index contributed by atoms with van der Waals surface area (Å²) >= 11 is 0. The second-order valence-electron chi connectivity index (χ2n) is 6.24. The second-order valence-corrected chi connectivity index (χ2v) is 6.24. The second kappa shape index (κ2) is 8.94. The Balaban J connectivity index is 1.35. The molecule has 0 radical (unpaired) electrons. The fraction of sp³-hybridized carbons (Fsp3) is 0.368. The monoisotopic (exact) mass is 353 g/mol. The van der Waals surface area contributed by atoms with Crippen LogP contribution >= 0.6 is 0 Å². The zero-order chi connectivity index (χ0) is 18.2. The normalized spacial score (nSPS) is 14.7. The van der Waals surface area contributed by atoms with Gasteiger partial charge in [0.2, 0.25) is 5.91 Å². The Hall–Kier alpha value is -2.96. The van der Waals surface area contributed by atoms with E-state index in [-0.39, 0.29) is 17.7 Å². The van der Waals surface area contributed by atoms with E-state index in [4.69, 9.17) is 0 Å². The highest BCUT2D eigenvalue weighted by molar-refractivity contribution is 5.94. The first kappa shape index (κ1) is 17.8. The molecule has 1 saturated heterocycles. The van der Waals surface area contributed by atoms with Crippen LogP contribution in [-0.4, -0.2) is 48.0 Å². The lowest BCUT2D eigenvalue weighted by Gasteiger charge is -2.31. The molecule has 26 heavy (non-hydrogen) atoms. The molecular weight excluding hydrogens is 330 g/mol. The molecule has 2 N–H and O–H groups in total. The highest BCUT2D eigenvalue weighted by Gasteiger charge is 2.25. The highest BCUT2D eigenvalue weighted by Crippen LogP contribution is 2.21. The van der Waals surface area contributed by atoms with Gasteiger partial charge in [-0.15, -0.1) is 0 Å². The summed E-state index contributed by atoms with van der Waals surface area (Å²) in [6, 6.07) is 9.04. The Labute approximate surface area is 152 Å². The van der Waals surface area contributed by atoms with Crippen LogP contribution in [0.3, 0.4) is 0 Å². The van der Waals surface area contributed by atoms with Crippen LogP contribution in [0.25, 0.3) is 0 Å². The molecule has 1 aromatic carbocycles. The van der Waals surface area contributed by atoms with Crippen LogP contribution in [0.2, 0.25) is 0 Å². The van der Waals surface area contributed by atoms with Crippen molar-refractivity contribution >= 4 is 17.6 Å². The third-order valence-corrected chi connectivity index (χ3v) is 4.49. The highest BCUT2D eigenvalue weighted by atomic mass is 16.2. The van der Waals surface area contributed by atoms with Crippen LogP contribution in [0.4, 0.5) is 5.82 Å². The van der Waals surface area contributed by atoms with E-state index in [9.17, 15) is 9.59 Å². The van der Waals surface area contributed by atoms with Crippen LogP contribution in [0, 0.1) is 5.92 Å². The van der Waals surface area contributed by atoms with Crippen LogP contribution in [-0.2, 0) is 4.79 Å². The minimum Gasteiger partial charge on any atom is -0.355 e. The summed E-state index contributed by atoms with van der Waals surface area (Å²) in [6.45, 7) is 2.43. The van der Waals surface area contributed by atoms with Crippen molar-refractivity contribution in [1.29, 1.82) is 0 Å². The molecule has 7 heteroatoms. The summed E-state index contributed by atoms with van der Waals surface area (Å²) in [4.78, 5) is 34.7. The maximum Gasteiger partial charge on any atom is 0.251 e. The summed E-state index contributed by atoms with van der Waals surface area (Å²) in [5, 5.41) is 5.72. The lowest BCUT2D eigenvalue weighted by Crippen LogP contribution is -2.42. The van der Waals surface area contributed by atoms with Gasteiger partial charge in [-0.1, -0.05) is 18.2 Å². The van der Waals surface area contributed by atoms with Gasteiger partial charge in [-0.05, 0) is 25.0 Å². The Morgan fingerprint density at radius 2 is 1.77 bits per heavy atom. The predicted octanol–water partition coefficient (Wildman–Crippen LogP) is 1.24. The molecule has 1 aliphatic rings. The van der Waals surface area contributed by atoms with Gasteiger partial charge in [0, 0.05) is 50.1 Å². The molecule has 2 aromatic rings. The Morgan fingerprint density at radius 1 is 1.04 bits per heavy atom. The van der Waals surface area contributed by atoms with Crippen molar-refractivity contribution < 1.29 is 9.59 Å². The lowest BCUT2D eigenvalue weighted by molar-refractivity contribution is -0.125. The molecule has 0 unspecified atom stereocenters. The summed E-state index contributed by atoms with van der Waals surface area (Å²) in [5.41, 5.74) is 0.621. The minimum absolute atomic E-state index is 0.00717. The first-order chi connectivity index (χ1) is 12.7. The number of hydrogen-bond acceptors (Lipinski definition) is 5. The number of amides is 2. The molecule has 0 bridgehead atoms. The van der Waals surface area contributed by atoms with Crippen molar-refractivity contribution in [2.24, 2.45) is 5.92 Å². The summed E-state index contributed by atoms with van der Waals surface area (Å²) < 4.78 is 0. The Morgan fingerprint density at radius 3 is 2.46 bits per heavy atom. The number of hydrogen-bond donors (Lipinski definition) is 2. The topological polar surface area (TPSA) is 87.2 Å². The number of rotatable bonds is 6. The zero-order valence-corrected chi connectivity index (χ0v) is 14.6. The van der Waals surface area contributed by atoms with Gasteiger partial charge in [-0.3, -0.25) is 14.6 Å². The number of benzene rings is 1. The van der Waals surface area contributed by atoms with Gasteiger partial charge >= 0.3 is 0 Å². The average molecular weight is 353 g/mol. The van der Waals surface area contributed by atoms with E-state index in [0.717, 1.165) is 31.7 Å². The Kier molecular flexibility index (Phi) is 6.14. The van der Waals surface area contributed by atoms with Crippen LogP contribution in [0.5, 0.6) is 0 Å². The quantitative estimate of drug-likeness (QED) is 0.763. The fourth-order valence-electron chi connectivity index (χ4n) is 3.02. The summed E-state index contributed by atoms with van der Waals surface area (Å²) in [7, 11) is 0. The van der Waals surface area contributed by atoms with Gasteiger partial charge in [0.15, 0.2) is 0 Å². The van der Waals surface area contributed by atoms with E-state index in [1.165, 1.54) is 0 Å². The standard InChI is InChI=1S/C19H23N5O2/c25-18(15-4-2-1-3-5-15)22-10-11-23-19(26)16-6-12-24(13-7-16)17-14-20-8-9-21-17/h1-5,8-9,14,16H,6-7,10-13H2,(H,22,25)(H,23,26). The molecule has 7 nitrogen and oxygen atoms in total. The molecular formula is C19H23N5O2. The predicted molar refractivity (Wildman–Crippen MR) is 98.8 cm³/mol. The number of nitrogens with one attached hydrogen (secondary N) is 2. The molecule has 0 atom stereocenters. The SMILES string of the molecule is O=C(NCCNC(=O)C1CCN(c2cnccn2)CC1)c1ccccc1. The maximum absolute atomic E-state index is 12.3. The molecule has 0 saturated carbocycles. The maximum atomic E-state index is 12.3. The molecule has 2 amide bonds. The van der Waals surface area contributed by atoms with E-state index in [2.05, 4.69) is 25.5 Å². The molecule has 2 heterocycles. The molecule has 136 valence electrons. The van der Waals surface area contributed by atoms with Crippen LogP contribution in [0.15, 0.2) is 48.9 Å². The first-order valence-electron chi connectivity index (χ1n) is 8.86. The van der Waals surface area contributed by atoms with E-state index < -0.39 is 0 Å². The number of carbonyl (C=O) groups is 2. The third-order valence-electron chi connectivity index (χ3n) is 4.49. The molecule has 3 rings (SSSR count). The number of anilines is 1. The van der Waals surface area contributed by atoms with Gasteiger partial charge in [-0.25, -0.2) is 4.98 Å². The smallest absolute Gasteiger partial charge is 0.251 e. The largest absolute Gasteiger partial charge is 0.355 e. The van der Waals surface area contributed by atoms with E-state index in [1.807, 2.05) is 18.2 Å². The molecule has 0 spiro atoms. The minimum atomic E-state index is -0.128. The van der Waals surface area contributed by atoms with Gasteiger partial charge in [-0.2, -0.15) is 0 Å². The molecule has 1 fully saturated rings. The summed E-state index contributed by atoms with van der Waals surface area (Å²) in [5.74, 6) is 0.789. The zero-order valence-electron chi connectivity index (χ0n) is 14.6. The number of aromatic nitrogens is 2. The Bertz CT molecular complexity index is 715. The number of piperidine rings is 1. The van der Waals surface area contributed by atoms with E-state index >= 15 is 0 Å². The molecule has 1 aromatic heterocycles. The number of nitrogens with zero attached hydrogens (tertiary/aromatic N) is 3. The van der Waals surface area contributed by atoms with Gasteiger partial charge in [0.05, 0.1) is 6.20 Å². The number of carbonyl (C=O) groups excluding carboxylic acids is 2. The first-order valence-corrected chi connectivity index (χ1v) is 8.86. The molecule has 0 aliphatic carbocycles. The van der Waals surface area contributed by atoms with E-state index in [1.54, 1.807) is 30.7 Å². The van der Waals surface area contributed by atoms with Crippen molar-refractivity contribution in [3.63, 3.8) is 0 Å². The van der Waals surface area contributed by atoms with Crippen molar-refractivity contribution in [1.82, 2.24) is 20.6 Å². The van der Waals surface area contributed by atoms with Crippen molar-refractivity contribution in [3.8, 4) is 0 Å². The van der Waals surface area contributed by atoms with Crippen molar-refractivity contribution in [3.05, 3.63) is 54.5 Å². The molecule has 1 aliphatic heterocycles. The van der Waals surface area contributed by atoms with Gasteiger partial charge in [0.25, 0.3) is 5.91 Å². The van der Waals surface area contributed by atoms with Crippen LogP contribution < -0.4 is 15.5 Å². The van der Waals surface area contributed by atoms with Crippen molar-refractivity contribution in [2.45, 2.75) is 12.8 Å². The summed E-state index contributed by atoms with van der Waals surface area (Å²) in [6.07, 6.45) is 6.66. The average Bonchev–Trinajstić information content (AvgIpc) is 2.72. The van der Waals surface area contributed by atoms with Gasteiger partial charge in [0.1, 0.15) is 5.82 Å². The van der Waals surface area contributed by atoms with Gasteiger partial charge < -0.3 is 15.5 Å². The third kappa shape index (κ3) is 4.78. The lowest BCUT2D eigenvalue weighted by atomic mass is 9.96. The van der Waals surface area contributed by atoms with Crippen LogP contribution in [0.1, 0.15) is 23.2 Å². The fourth-order valence-corrected chi connectivity index (χ4v) is 3.02. The van der Waals surface area contributed by atoms with Crippen molar-refractivity contribution in [2.75, 3.05) is 31.1 Å². The van der Waals surface area contributed by atoms with E-state index in [0.29, 0.717) is 18.7 Å².